The third-order valence-corrected chi connectivity index (χ3v) is 4.01. The fraction of sp³-hybridized carbons (Fsp3) is 0.304. The number of amides is 1. The number of hydrogen-bond acceptors (Lipinski definition) is 5. The molecule has 1 heterocycles. The molecule has 0 radical (unpaired) electrons. The van der Waals surface area contributed by atoms with Crippen molar-refractivity contribution in [3.63, 3.8) is 0 Å². The summed E-state index contributed by atoms with van der Waals surface area (Å²) in [6.45, 7) is 1.29. The number of nitrogens with one attached hydrogen (secondary N) is 1. The molecule has 3 rings (SSSR count). The van der Waals surface area contributed by atoms with Crippen molar-refractivity contribution in [1.29, 1.82) is 0 Å². The second-order valence-electron chi connectivity index (χ2n) is 5.70. The topological polar surface area (TPSA) is 88.2 Å². The molecule has 0 aliphatic rings. The summed E-state index contributed by atoms with van der Waals surface area (Å²) in [6.07, 6.45) is -14.4. The highest BCUT2D eigenvalue weighted by molar-refractivity contribution is 7.13. The van der Waals surface area contributed by atoms with Crippen LogP contribution in [-0.4, -0.2) is 16.0 Å². The van der Waals surface area contributed by atoms with E-state index in [1.807, 2.05) is 0 Å². The van der Waals surface area contributed by atoms with E-state index in [0.717, 1.165) is 11.3 Å². The molecular formula is C23H27N3O2S. The predicted octanol–water partition coefficient (Wildman–Crippen LogP) is 4.66. The number of carbonyl (C=O) groups is 1. The van der Waals surface area contributed by atoms with Crippen molar-refractivity contribution in [2.75, 3.05) is 11.1 Å². The van der Waals surface area contributed by atoms with Crippen LogP contribution in [0.4, 0.5) is 10.8 Å². The molecule has 1 aromatic heterocycles. The van der Waals surface area contributed by atoms with Gasteiger partial charge in [0, 0.05) is 19.3 Å². The lowest BCUT2D eigenvalue weighted by Crippen LogP contribution is -2.14. The van der Waals surface area contributed by atoms with Gasteiger partial charge in [0.25, 0.3) is 0 Å². The second-order valence-corrected chi connectivity index (χ2v) is 6.53. The summed E-state index contributed by atoms with van der Waals surface area (Å²) in [6, 6.07) is -6.67. The van der Waals surface area contributed by atoms with E-state index >= 15 is 0 Å². The van der Waals surface area contributed by atoms with Gasteiger partial charge < -0.3 is 16.2 Å². The lowest BCUT2D eigenvalue weighted by Gasteiger charge is -2.11. The van der Waals surface area contributed by atoms with Crippen molar-refractivity contribution in [3.8, 4) is 0 Å². The molecule has 0 aliphatic heterocycles. The molecule has 0 saturated carbocycles. The number of anilines is 2. The van der Waals surface area contributed by atoms with E-state index in [1.54, 1.807) is 0 Å². The third-order valence-electron chi connectivity index (χ3n) is 3.38. The number of carbonyl (C=O) groups excluding carboxylic acids is 1. The Bertz CT molecular complexity index is 1590. The zero-order valence-corrected chi connectivity index (χ0v) is 16.1. The van der Waals surface area contributed by atoms with Crippen LogP contribution in [0.5, 0.6) is 0 Å². The first-order valence-electron chi connectivity index (χ1n) is 15.8. The predicted molar refractivity (Wildman–Crippen MR) is 119 cm³/mol. The summed E-state index contributed by atoms with van der Waals surface area (Å²) < 4.78 is 124. The minimum atomic E-state index is -3.44. The SMILES string of the molecule is [2H]c1sc(N)nc1CC(=O)Nc1c([2H])c([2H])c(C([2H])([2H])C([2H])([2H])CC([2H])([2H])[C@H](O)c2c([2H])c([2H])c(C)c([2H])c2[2H])c([2H])c1[2H]. The number of nitrogen functional groups attached to an aromatic ring is 1. The first kappa shape index (κ1) is 8.98. The number of nitrogens with zero attached hydrogens (tertiary/aromatic N) is 1. The molecule has 29 heavy (non-hydrogen) atoms. The van der Waals surface area contributed by atoms with Crippen LogP contribution in [0.1, 0.15) is 68.2 Å². The van der Waals surface area contributed by atoms with Gasteiger partial charge in [-0.3, -0.25) is 4.79 Å². The lowest BCUT2D eigenvalue weighted by molar-refractivity contribution is -0.115. The summed E-state index contributed by atoms with van der Waals surface area (Å²) in [4.78, 5) is 16.4. The Kier molecular flexibility index (Phi) is 3.15. The summed E-state index contributed by atoms with van der Waals surface area (Å²) in [7, 11) is 0. The lowest BCUT2D eigenvalue weighted by atomic mass is 10.0. The first-order valence-corrected chi connectivity index (χ1v) is 9.16. The number of benzene rings is 2. The van der Waals surface area contributed by atoms with E-state index in [1.165, 1.54) is 6.92 Å². The molecule has 2 aromatic carbocycles. The molecule has 0 fully saturated rings. The molecule has 0 bridgehead atoms. The largest absolute Gasteiger partial charge is 0.388 e. The molecule has 1 amide bonds. The van der Waals surface area contributed by atoms with Crippen LogP contribution in [0.3, 0.4) is 0 Å². The minimum Gasteiger partial charge on any atom is -0.388 e. The van der Waals surface area contributed by atoms with Crippen LogP contribution >= 0.6 is 11.3 Å². The van der Waals surface area contributed by atoms with Crippen molar-refractivity contribution in [2.24, 2.45) is 0 Å². The van der Waals surface area contributed by atoms with Gasteiger partial charge in [0.1, 0.15) is 0 Å². The fourth-order valence-electron chi connectivity index (χ4n) is 2.04. The maximum Gasteiger partial charge on any atom is 0.230 e. The molecule has 4 N–H and O–H groups in total. The average molecular weight is 425 g/mol. The summed E-state index contributed by atoms with van der Waals surface area (Å²) >= 11 is 0.807. The maximum absolute atomic E-state index is 12.5. The molecule has 0 unspecified atom stereocenters. The molecule has 3 aromatic rings. The minimum absolute atomic E-state index is 0.00326. The van der Waals surface area contributed by atoms with E-state index < -0.39 is 109 Å². The van der Waals surface area contributed by atoms with Crippen LogP contribution in [0.15, 0.2) is 53.7 Å². The summed E-state index contributed by atoms with van der Waals surface area (Å²) in [5.41, 5.74) is 2.92. The monoisotopic (exact) mass is 424 g/mol. The van der Waals surface area contributed by atoms with Crippen LogP contribution in [0.2, 0.25) is 0 Å². The third kappa shape index (κ3) is 6.69. The zero-order valence-electron chi connectivity index (χ0n) is 30.3. The van der Waals surface area contributed by atoms with Gasteiger partial charge in [0.05, 0.1) is 30.6 Å². The number of thiazole rings is 1. The molecular weight excluding hydrogens is 382 g/mol. The number of hydrogen-bond donors (Lipinski definition) is 3. The van der Waals surface area contributed by atoms with Gasteiger partial charge in [-0.25, -0.2) is 4.98 Å². The van der Waals surface area contributed by atoms with Crippen molar-refractivity contribution >= 4 is 28.1 Å². The Morgan fingerprint density at radius 3 is 2.66 bits per heavy atom. The maximum atomic E-state index is 12.5. The van der Waals surface area contributed by atoms with Gasteiger partial charge in [0.15, 0.2) is 5.13 Å². The van der Waals surface area contributed by atoms with Gasteiger partial charge in [0.2, 0.25) is 5.91 Å². The number of aliphatic hydroxyl groups is 1. The summed E-state index contributed by atoms with van der Waals surface area (Å²) in [5.74, 6) is -0.886. The van der Waals surface area contributed by atoms with Crippen LogP contribution in [-0.2, 0) is 17.6 Å². The molecule has 6 heteroatoms. The number of nitrogens with two attached hydrogens (primary N) is 1. The number of aromatic nitrogens is 1. The molecule has 152 valence electrons. The summed E-state index contributed by atoms with van der Waals surface area (Å²) in [5, 5.41) is 12.9. The van der Waals surface area contributed by atoms with Crippen molar-refractivity contribution in [2.45, 2.75) is 45.0 Å². The van der Waals surface area contributed by atoms with Gasteiger partial charge in [-0.15, -0.1) is 11.3 Å². The van der Waals surface area contributed by atoms with E-state index in [-0.39, 0.29) is 21.7 Å². The van der Waals surface area contributed by atoms with E-state index in [0.29, 0.717) is 0 Å². The van der Waals surface area contributed by atoms with Crippen LogP contribution < -0.4 is 11.1 Å². The van der Waals surface area contributed by atoms with Crippen molar-refractivity contribution in [1.82, 2.24) is 4.98 Å². The highest BCUT2D eigenvalue weighted by Crippen LogP contribution is 2.21. The van der Waals surface area contributed by atoms with Crippen molar-refractivity contribution < 1.29 is 30.5 Å². The first-order chi connectivity index (χ1) is 20.0. The second kappa shape index (κ2) is 10.2. The Hall–Kier alpha value is -2.70. The number of rotatable bonds is 9. The van der Waals surface area contributed by atoms with Gasteiger partial charge in [-0.2, -0.15) is 0 Å². The zero-order chi connectivity index (χ0) is 33.9. The van der Waals surface area contributed by atoms with Gasteiger partial charge >= 0.3 is 0 Å². The molecule has 0 aliphatic carbocycles. The Morgan fingerprint density at radius 2 is 2.00 bits per heavy atom. The standard InChI is InChI=1S/C23H27N3O2S/c1-16-6-10-18(11-7-16)21(27)5-3-2-4-17-8-12-19(13-9-17)25-22(28)14-20-15-29-23(24)26-20/h6-13,15,21,27H,2-5,14H2,1H3,(H2,24,26)(H,25,28)/t21-/m0/s1/i2D2,4D2,5D2,6D,7D,8D,9D,10D,11D,12D,13D,15D. The van der Waals surface area contributed by atoms with Crippen LogP contribution in [0, 0.1) is 6.92 Å². The Labute approximate surface area is 196 Å². The van der Waals surface area contributed by atoms with Crippen LogP contribution in [0.25, 0.3) is 0 Å². The van der Waals surface area contributed by atoms with E-state index in [2.05, 4.69) is 10.3 Å². The van der Waals surface area contributed by atoms with E-state index in [9.17, 15) is 9.90 Å². The highest BCUT2D eigenvalue weighted by atomic mass is 32.1. The molecule has 5 nitrogen and oxygen atoms in total. The Balaban J connectivity index is 2.00. The Morgan fingerprint density at radius 1 is 1.28 bits per heavy atom. The average Bonchev–Trinajstić information content (AvgIpc) is 3.22. The normalized spacial score (nSPS) is 20.8. The molecule has 1 atom stereocenters. The van der Waals surface area contributed by atoms with Crippen molar-refractivity contribution in [3.05, 3.63) is 76.1 Å². The van der Waals surface area contributed by atoms with Gasteiger partial charge in [-0.05, 0) is 49.3 Å². The number of aliphatic hydroxyl groups excluding tert-OH is 1. The smallest absolute Gasteiger partial charge is 0.230 e. The molecule has 0 saturated heterocycles. The highest BCUT2D eigenvalue weighted by Gasteiger charge is 2.08. The fourth-order valence-corrected chi connectivity index (χ4v) is 2.54. The van der Waals surface area contributed by atoms with E-state index in [4.69, 9.17) is 26.3 Å². The molecule has 0 spiro atoms. The quantitative estimate of drug-likeness (QED) is 0.466. The van der Waals surface area contributed by atoms with Gasteiger partial charge in [-0.1, -0.05) is 48.2 Å².